The summed E-state index contributed by atoms with van der Waals surface area (Å²) in [5.41, 5.74) is 1.000. The molecule has 0 spiro atoms. The number of ether oxygens (including phenoxy) is 3. The van der Waals surface area contributed by atoms with Crippen molar-refractivity contribution in [1.29, 1.82) is 0 Å². The van der Waals surface area contributed by atoms with Crippen molar-refractivity contribution < 1.29 is 27.9 Å². The number of hydrogen-bond acceptors (Lipinski definition) is 7. The average molecular weight is 401 g/mol. The molecule has 0 aliphatic heterocycles. The average Bonchev–Trinajstić information content (AvgIpc) is 3.21. The number of carbonyl (C=O) groups excluding carboxylic acids is 1. The summed E-state index contributed by atoms with van der Waals surface area (Å²) in [6, 6.07) is 8.91. The molecule has 1 heterocycles. The summed E-state index contributed by atoms with van der Waals surface area (Å²) < 4.78 is 33.9. The van der Waals surface area contributed by atoms with Crippen LogP contribution in [0.2, 0.25) is 0 Å². The van der Waals surface area contributed by atoms with Gasteiger partial charge in [-0.1, -0.05) is 5.16 Å². The lowest BCUT2D eigenvalue weighted by Crippen LogP contribution is -2.25. The van der Waals surface area contributed by atoms with Gasteiger partial charge in [-0.3, -0.25) is 4.79 Å². The van der Waals surface area contributed by atoms with Gasteiger partial charge in [-0.25, -0.2) is 4.39 Å². The van der Waals surface area contributed by atoms with Crippen molar-refractivity contribution in [2.45, 2.75) is 6.42 Å². The fourth-order valence-corrected chi connectivity index (χ4v) is 2.67. The minimum absolute atomic E-state index is 0.278. The van der Waals surface area contributed by atoms with Gasteiger partial charge >= 0.3 is 0 Å². The van der Waals surface area contributed by atoms with Crippen LogP contribution in [-0.2, 0) is 6.42 Å². The molecule has 9 heteroatoms. The molecule has 1 amide bonds. The monoisotopic (exact) mass is 401 g/mol. The molecule has 0 aliphatic rings. The highest BCUT2D eigenvalue weighted by atomic mass is 19.1. The summed E-state index contributed by atoms with van der Waals surface area (Å²) in [5, 5.41) is 6.64. The third-order valence-electron chi connectivity index (χ3n) is 4.12. The van der Waals surface area contributed by atoms with Gasteiger partial charge in [0, 0.05) is 24.1 Å². The lowest BCUT2D eigenvalue weighted by atomic mass is 10.1. The van der Waals surface area contributed by atoms with Crippen LogP contribution in [0, 0.1) is 5.82 Å². The molecule has 8 nitrogen and oxygen atoms in total. The third-order valence-corrected chi connectivity index (χ3v) is 4.12. The molecule has 0 saturated heterocycles. The Labute approximate surface area is 166 Å². The normalized spacial score (nSPS) is 10.5. The molecule has 0 unspecified atom stereocenters. The number of aromatic nitrogens is 2. The Balaban J connectivity index is 1.62. The molecule has 0 radical (unpaired) electrons. The maximum Gasteiger partial charge on any atom is 0.251 e. The van der Waals surface area contributed by atoms with Crippen molar-refractivity contribution in [2.24, 2.45) is 0 Å². The van der Waals surface area contributed by atoms with E-state index >= 15 is 0 Å². The smallest absolute Gasteiger partial charge is 0.251 e. The number of hydrogen-bond donors (Lipinski definition) is 1. The molecule has 3 aromatic rings. The van der Waals surface area contributed by atoms with Gasteiger partial charge in [0.1, 0.15) is 5.82 Å². The van der Waals surface area contributed by atoms with Crippen LogP contribution in [0.5, 0.6) is 17.2 Å². The molecule has 0 saturated carbocycles. The zero-order chi connectivity index (χ0) is 20.8. The lowest BCUT2D eigenvalue weighted by Gasteiger charge is -2.14. The first-order valence-electron chi connectivity index (χ1n) is 8.72. The van der Waals surface area contributed by atoms with E-state index in [1.807, 2.05) is 0 Å². The van der Waals surface area contributed by atoms with Gasteiger partial charge in [0.25, 0.3) is 5.91 Å². The molecule has 1 aromatic heterocycles. The van der Waals surface area contributed by atoms with Crippen LogP contribution >= 0.6 is 0 Å². The number of carbonyl (C=O) groups is 1. The highest BCUT2D eigenvalue weighted by Gasteiger charge is 2.17. The van der Waals surface area contributed by atoms with E-state index in [1.54, 1.807) is 24.3 Å². The fraction of sp³-hybridized carbons (Fsp3) is 0.250. The molecule has 0 atom stereocenters. The van der Waals surface area contributed by atoms with E-state index in [2.05, 4.69) is 15.5 Å². The number of amides is 1. The minimum atomic E-state index is -0.341. The van der Waals surface area contributed by atoms with Crippen molar-refractivity contribution >= 4 is 5.91 Å². The van der Waals surface area contributed by atoms with Gasteiger partial charge in [-0.05, 0) is 36.4 Å². The highest BCUT2D eigenvalue weighted by Crippen LogP contribution is 2.38. The summed E-state index contributed by atoms with van der Waals surface area (Å²) in [5.74, 6) is 1.24. The van der Waals surface area contributed by atoms with Gasteiger partial charge < -0.3 is 24.1 Å². The van der Waals surface area contributed by atoms with Gasteiger partial charge in [0.05, 0.1) is 21.3 Å². The number of methoxy groups -OCH3 is 3. The van der Waals surface area contributed by atoms with Gasteiger partial charge in [-0.2, -0.15) is 4.98 Å². The van der Waals surface area contributed by atoms with E-state index in [-0.39, 0.29) is 18.3 Å². The Hall–Kier alpha value is -3.62. The van der Waals surface area contributed by atoms with E-state index < -0.39 is 0 Å². The van der Waals surface area contributed by atoms with Crippen molar-refractivity contribution in [3.63, 3.8) is 0 Å². The molecule has 0 bridgehead atoms. The summed E-state index contributed by atoms with van der Waals surface area (Å²) in [6.45, 7) is 0.278. The van der Waals surface area contributed by atoms with Crippen LogP contribution in [0.4, 0.5) is 4.39 Å². The summed E-state index contributed by atoms with van der Waals surface area (Å²) in [4.78, 5) is 16.7. The van der Waals surface area contributed by atoms with Crippen LogP contribution in [0.1, 0.15) is 16.2 Å². The second kappa shape index (κ2) is 9.05. The van der Waals surface area contributed by atoms with Crippen molar-refractivity contribution in [1.82, 2.24) is 15.5 Å². The van der Waals surface area contributed by atoms with Gasteiger partial charge in [-0.15, -0.1) is 0 Å². The third kappa shape index (κ3) is 4.63. The summed E-state index contributed by atoms with van der Waals surface area (Å²) in [7, 11) is 4.45. The van der Waals surface area contributed by atoms with E-state index in [0.29, 0.717) is 46.5 Å². The largest absolute Gasteiger partial charge is 0.493 e. The maximum atomic E-state index is 13.0. The zero-order valence-electron chi connectivity index (χ0n) is 16.2. The van der Waals surface area contributed by atoms with Crippen LogP contribution in [0.25, 0.3) is 11.4 Å². The molecule has 0 aliphatic carbocycles. The van der Waals surface area contributed by atoms with Crippen LogP contribution in [0.3, 0.4) is 0 Å². The number of benzene rings is 2. The van der Waals surface area contributed by atoms with E-state index in [4.69, 9.17) is 18.7 Å². The first-order chi connectivity index (χ1) is 14.0. The predicted molar refractivity (Wildman–Crippen MR) is 102 cm³/mol. The SMILES string of the molecule is COc1cc(C(=O)NCCc2nc(-c3ccc(F)cc3)no2)cc(OC)c1OC. The predicted octanol–water partition coefficient (Wildman–Crippen LogP) is 2.87. The number of halogens is 1. The Morgan fingerprint density at radius 1 is 1.07 bits per heavy atom. The maximum absolute atomic E-state index is 13.0. The Morgan fingerprint density at radius 3 is 2.31 bits per heavy atom. The molecule has 2 aromatic carbocycles. The van der Waals surface area contributed by atoms with Crippen molar-refractivity contribution in [3.8, 4) is 28.6 Å². The molecule has 29 heavy (non-hydrogen) atoms. The molecule has 152 valence electrons. The topological polar surface area (TPSA) is 95.7 Å². The van der Waals surface area contributed by atoms with E-state index in [1.165, 1.54) is 33.5 Å². The second-order valence-corrected chi connectivity index (χ2v) is 5.94. The van der Waals surface area contributed by atoms with Crippen LogP contribution in [-0.4, -0.2) is 43.9 Å². The Kier molecular flexibility index (Phi) is 6.28. The zero-order valence-corrected chi connectivity index (χ0v) is 16.2. The Bertz CT molecular complexity index is 963. The molecule has 3 rings (SSSR count). The standard InChI is InChI=1S/C20H20FN3O5/c1-26-15-10-13(11-16(27-2)18(15)28-3)20(25)22-9-8-17-23-19(24-29-17)12-4-6-14(21)7-5-12/h4-7,10-11H,8-9H2,1-3H3,(H,22,25). The first-order valence-corrected chi connectivity index (χ1v) is 8.72. The van der Waals surface area contributed by atoms with Crippen LogP contribution < -0.4 is 19.5 Å². The minimum Gasteiger partial charge on any atom is -0.493 e. The lowest BCUT2D eigenvalue weighted by molar-refractivity contribution is 0.0952. The molecular weight excluding hydrogens is 381 g/mol. The van der Waals surface area contributed by atoms with Crippen LogP contribution in [0.15, 0.2) is 40.9 Å². The number of rotatable bonds is 8. The Morgan fingerprint density at radius 2 is 1.72 bits per heavy atom. The van der Waals surface area contributed by atoms with Gasteiger partial charge in [0.15, 0.2) is 11.5 Å². The fourth-order valence-electron chi connectivity index (χ4n) is 2.67. The van der Waals surface area contributed by atoms with Crippen molar-refractivity contribution in [3.05, 3.63) is 53.7 Å². The summed E-state index contributed by atoms with van der Waals surface area (Å²) >= 11 is 0. The molecule has 0 fully saturated rings. The molecular formula is C20H20FN3O5. The van der Waals surface area contributed by atoms with Crippen molar-refractivity contribution in [2.75, 3.05) is 27.9 Å². The van der Waals surface area contributed by atoms with Gasteiger partial charge in [0.2, 0.25) is 17.5 Å². The number of nitrogens with zero attached hydrogens (tertiary/aromatic N) is 2. The molecule has 1 N–H and O–H groups in total. The highest BCUT2D eigenvalue weighted by molar-refractivity contribution is 5.95. The quantitative estimate of drug-likeness (QED) is 0.620. The van der Waals surface area contributed by atoms with E-state index in [0.717, 1.165) is 0 Å². The summed E-state index contributed by atoms with van der Waals surface area (Å²) in [6.07, 6.45) is 0.338. The second-order valence-electron chi connectivity index (χ2n) is 5.94. The first kappa shape index (κ1) is 20.1. The number of nitrogens with one attached hydrogen (secondary N) is 1. The van der Waals surface area contributed by atoms with E-state index in [9.17, 15) is 9.18 Å².